The lowest BCUT2D eigenvalue weighted by Gasteiger charge is -2.18. The first kappa shape index (κ1) is 7.06. The van der Waals surface area contributed by atoms with Crippen molar-refractivity contribution < 1.29 is 14.4 Å². The minimum absolute atomic E-state index is 0.144. The van der Waals surface area contributed by atoms with E-state index in [4.69, 9.17) is 14.4 Å². The van der Waals surface area contributed by atoms with E-state index in [1.165, 1.54) is 0 Å². The average molecular weight is 130 g/mol. The van der Waals surface area contributed by atoms with Gasteiger partial charge in [-0.15, -0.1) is 0 Å². The number of hydrogen-bond donors (Lipinski definition) is 1. The second-order valence-electron chi connectivity index (χ2n) is 2.04. The van der Waals surface area contributed by atoms with Gasteiger partial charge in [0.25, 0.3) is 0 Å². The van der Waals surface area contributed by atoms with Crippen LogP contribution in [0.5, 0.6) is 0 Å². The van der Waals surface area contributed by atoms with E-state index >= 15 is 0 Å². The highest BCUT2D eigenvalue weighted by Crippen LogP contribution is 2.03. The van der Waals surface area contributed by atoms with Crippen LogP contribution in [0, 0.1) is 0 Å². The van der Waals surface area contributed by atoms with E-state index in [0.717, 1.165) is 19.6 Å². The highest BCUT2D eigenvalue weighted by molar-refractivity contribution is 6.44. The predicted octanol–water partition coefficient (Wildman–Crippen LogP) is -0.0962. The summed E-state index contributed by atoms with van der Waals surface area (Å²) in [6, 6.07) is 0. The van der Waals surface area contributed by atoms with Gasteiger partial charge in [0, 0.05) is 26.1 Å². The Morgan fingerprint density at radius 1 is 1.33 bits per heavy atom. The van der Waals surface area contributed by atoms with E-state index in [9.17, 15) is 0 Å². The van der Waals surface area contributed by atoms with E-state index in [1.54, 1.807) is 0 Å². The summed E-state index contributed by atoms with van der Waals surface area (Å²) >= 11 is 0. The van der Waals surface area contributed by atoms with Gasteiger partial charge < -0.3 is 14.4 Å². The molecule has 1 heterocycles. The van der Waals surface area contributed by atoms with E-state index < -0.39 is 0 Å². The summed E-state index contributed by atoms with van der Waals surface area (Å²) in [5.41, 5.74) is 0. The Morgan fingerprint density at radius 3 is 2.56 bits per heavy atom. The molecule has 1 fully saturated rings. The molecule has 0 unspecified atom stereocenters. The lowest BCUT2D eigenvalue weighted by Crippen LogP contribution is -2.30. The van der Waals surface area contributed by atoms with Crippen molar-refractivity contribution in [2.75, 3.05) is 19.8 Å². The van der Waals surface area contributed by atoms with Gasteiger partial charge in [0.15, 0.2) is 0 Å². The quantitative estimate of drug-likeness (QED) is 0.530. The summed E-state index contributed by atoms with van der Waals surface area (Å²) in [5, 5.41) is 8.46. The van der Waals surface area contributed by atoms with Crippen molar-refractivity contribution in [1.29, 1.82) is 0 Å². The zero-order chi connectivity index (χ0) is 6.53. The van der Waals surface area contributed by atoms with Crippen LogP contribution in [-0.4, -0.2) is 32.0 Å². The van der Waals surface area contributed by atoms with Crippen LogP contribution in [-0.2, 0) is 9.31 Å². The summed E-state index contributed by atoms with van der Waals surface area (Å²) in [4.78, 5) is 0. The number of aliphatic hydroxyl groups is 1. The monoisotopic (exact) mass is 130 g/mol. The molecular weight excluding hydrogens is 119 g/mol. The van der Waals surface area contributed by atoms with Gasteiger partial charge >= 0.3 is 7.12 Å². The molecule has 0 saturated carbocycles. The van der Waals surface area contributed by atoms with Gasteiger partial charge in [-0.05, 0) is 6.42 Å². The zero-order valence-electron chi connectivity index (χ0n) is 5.38. The van der Waals surface area contributed by atoms with Gasteiger partial charge in [-0.25, -0.2) is 0 Å². The second kappa shape index (κ2) is 3.87. The first-order valence-electron chi connectivity index (χ1n) is 3.27. The predicted molar refractivity (Wildman–Crippen MR) is 34.2 cm³/mol. The van der Waals surface area contributed by atoms with Crippen LogP contribution in [0.3, 0.4) is 0 Å². The van der Waals surface area contributed by atoms with Crippen molar-refractivity contribution >= 4 is 7.12 Å². The molecule has 1 rings (SSSR count). The molecule has 4 heteroatoms. The molecule has 1 aliphatic rings. The molecule has 0 bridgehead atoms. The molecule has 52 valence electrons. The maximum Gasteiger partial charge on any atom is 0.459 e. The Morgan fingerprint density at radius 2 is 2.00 bits per heavy atom. The molecule has 0 amide bonds. The van der Waals surface area contributed by atoms with Crippen LogP contribution in [0.15, 0.2) is 0 Å². The Balaban J connectivity index is 2.08. The second-order valence-corrected chi connectivity index (χ2v) is 2.04. The van der Waals surface area contributed by atoms with Crippen molar-refractivity contribution in [2.24, 2.45) is 0 Å². The van der Waals surface area contributed by atoms with Crippen molar-refractivity contribution in [3.8, 4) is 0 Å². The van der Waals surface area contributed by atoms with Crippen LogP contribution in [0.4, 0.5) is 0 Å². The Bertz CT molecular complexity index is 69.8. The zero-order valence-corrected chi connectivity index (χ0v) is 5.38. The molecule has 1 aliphatic heterocycles. The fourth-order valence-corrected chi connectivity index (χ4v) is 0.809. The first-order chi connectivity index (χ1) is 4.43. The largest absolute Gasteiger partial charge is 0.459 e. The van der Waals surface area contributed by atoms with Gasteiger partial charge in [-0.3, -0.25) is 0 Å². The minimum Gasteiger partial charge on any atom is -0.411 e. The van der Waals surface area contributed by atoms with Gasteiger partial charge in [0.2, 0.25) is 0 Å². The van der Waals surface area contributed by atoms with Crippen molar-refractivity contribution in [1.82, 2.24) is 0 Å². The summed E-state index contributed by atoms with van der Waals surface area (Å²) in [7, 11) is -0.149. The van der Waals surface area contributed by atoms with E-state index in [2.05, 4.69) is 0 Å². The first-order valence-corrected chi connectivity index (χ1v) is 3.27. The third-order valence-corrected chi connectivity index (χ3v) is 1.26. The topological polar surface area (TPSA) is 38.7 Å². The third kappa shape index (κ3) is 2.34. The molecule has 1 N–H and O–H groups in total. The van der Waals surface area contributed by atoms with E-state index in [1.807, 2.05) is 0 Å². The van der Waals surface area contributed by atoms with Crippen molar-refractivity contribution in [2.45, 2.75) is 12.7 Å². The molecule has 0 spiro atoms. The van der Waals surface area contributed by atoms with Crippen LogP contribution < -0.4 is 0 Å². The molecule has 0 aromatic rings. The number of hydrogen-bond acceptors (Lipinski definition) is 3. The van der Waals surface area contributed by atoms with Crippen LogP contribution in [0.2, 0.25) is 6.32 Å². The maximum absolute atomic E-state index is 8.46. The standard InChI is InChI=1S/C5H11BO3/c7-3-2-6-8-4-1-5-9-6/h7H,1-5H2. The maximum atomic E-state index is 8.46. The molecule has 0 atom stereocenters. The lowest BCUT2D eigenvalue weighted by molar-refractivity contribution is 0.129. The average Bonchev–Trinajstić information content (AvgIpc) is 1.91. The summed E-state index contributed by atoms with van der Waals surface area (Å²) < 4.78 is 10.3. The van der Waals surface area contributed by atoms with E-state index in [0.29, 0.717) is 6.32 Å². The van der Waals surface area contributed by atoms with E-state index in [-0.39, 0.29) is 13.7 Å². The fourth-order valence-electron chi connectivity index (χ4n) is 0.809. The highest BCUT2D eigenvalue weighted by Gasteiger charge is 2.19. The molecule has 0 aromatic heterocycles. The highest BCUT2D eigenvalue weighted by atomic mass is 16.6. The minimum atomic E-state index is -0.149. The molecule has 0 aliphatic carbocycles. The van der Waals surface area contributed by atoms with Crippen molar-refractivity contribution in [3.05, 3.63) is 0 Å². The normalized spacial score (nSPS) is 20.3. The summed E-state index contributed by atoms with van der Waals surface area (Å²) in [6.45, 7) is 1.68. The Kier molecular flexibility index (Phi) is 3.04. The summed E-state index contributed by atoms with van der Waals surface area (Å²) in [6.07, 6.45) is 1.57. The molecule has 1 saturated heterocycles. The molecule has 0 aromatic carbocycles. The van der Waals surface area contributed by atoms with Crippen LogP contribution in [0.25, 0.3) is 0 Å². The van der Waals surface area contributed by atoms with Gasteiger partial charge in [-0.1, -0.05) is 0 Å². The Labute approximate surface area is 55.1 Å². The van der Waals surface area contributed by atoms with Gasteiger partial charge in [-0.2, -0.15) is 0 Å². The SMILES string of the molecule is OCCB1OCCCO1. The molecule has 0 radical (unpaired) electrons. The van der Waals surface area contributed by atoms with Crippen molar-refractivity contribution in [3.63, 3.8) is 0 Å². The number of aliphatic hydroxyl groups excluding tert-OH is 1. The smallest absolute Gasteiger partial charge is 0.411 e. The molecular formula is C5H11BO3. The third-order valence-electron chi connectivity index (χ3n) is 1.26. The molecule has 3 nitrogen and oxygen atoms in total. The Hall–Kier alpha value is -0.0551. The van der Waals surface area contributed by atoms with Gasteiger partial charge in [0.1, 0.15) is 0 Å². The molecule has 9 heavy (non-hydrogen) atoms. The fraction of sp³-hybridized carbons (Fsp3) is 1.00. The number of rotatable bonds is 2. The summed E-state index contributed by atoms with van der Waals surface area (Å²) in [5.74, 6) is 0. The van der Waals surface area contributed by atoms with Crippen LogP contribution in [0.1, 0.15) is 6.42 Å². The van der Waals surface area contributed by atoms with Gasteiger partial charge in [0.05, 0.1) is 0 Å². The lowest BCUT2D eigenvalue weighted by atomic mass is 9.84. The van der Waals surface area contributed by atoms with Crippen LogP contribution >= 0.6 is 0 Å².